The largest absolute Gasteiger partial charge is 0.368 e. The van der Waals surface area contributed by atoms with Crippen LogP contribution in [0.2, 0.25) is 0 Å². The molecule has 0 spiro atoms. The minimum Gasteiger partial charge on any atom is -0.368 e. The number of benzene rings is 1. The van der Waals surface area contributed by atoms with Gasteiger partial charge in [-0.1, -0.05) is 6.92 Å². The molecule has 1 aliphatic rings. The second-order valence-electron chi connectivity index (χ2n) is 5.36. The van der Waals surface area contributed by atoms with Gasteiger partial charge in [-0.2, -0.15) is 0 Å². The van der Waals surface area contributed by atoms with Gasteiger partial charge in [-0.15, -0.1) is 0 Å². The number of hydrogen-bond acceptors (Lipinski definition) is 4. The summed E-state index contributed by atoms with van der Waals surface area (Å²) in [5.41, 5.74) is 0.902. The summed E-state index contributed by atoms with van der Waals surface area (Å²) < 4.78 is 0. The van der Waals surface area contributed by atoms with Gasteiger partial charge in [-0.25, -0.2) is 0 Å². The molecule has 1 heterocycles. The Kier molecular flexibility index (Phi) is 3.55. The first-order chi connectivity index (χ1) is 8.90. The molecule has 2 unspecified atom stereocenters. The quantitative estimate of drug-likeness (QED) is 0.477. The van der Waals surface area contributed by atoms with Gasteiger partial charge >= 0.3 is 0 Å². The van der Waals surface area contributed by atoms with E-state index in [2.05, 4.69) is 18.7 Å². The molecule has 1 saturated heterocycles. The van der Waals surface area contributed by atoms with Crippen LogP contribution in [0.4, 0.5) is 11.4 Å². The first kappa shape index (κ1) is 13.5. The molecule has 0 aromatic heterocycles. The lowest BCUT2D eigenvalue weighted by Crippen LogP contribution is -2.26. The molecule has 1 fully saturated rings. The van der Waals surface area contributed by atoms with E-state index < -0.39 is 4.92 Å². The summed E-state index contributed by atoms with van der Waals surface area (Å²) in [4.78, 5) is 24.2. The van der Waals surface area contributed by atoms with Gasteiger partial charge in [-0.05, 0) is 38.3 Å². The van der Waals surface area contributed by atoms with E-state index in [9.17, 15) is 14.9 Å². The molecule has 0 radical (unpaired) electrons. The lowest BCUT2D eigenvalue weighted by Gasteiger charge is -2.23. The SMILES string of the molecule is CC(=O)c1ccc(N2CC(C)CC2C)cc1[N+](=O)[O-]. The van der Waals surface area contributed by atoms with Crippen molar-refractivity contribution in [1.29, 1.82) is 0 Å². The normalized spacial score (nSPS) is 22.6. The Hall–Kier alpha value is -1.91. The van der Waals surface area contributed by atoms with Crippen molar-refractivity contribution in [2.24, 2.45) is 5.92 Å². The van der Waals surface area contributed by atoms with Crippen LogP contribution in [0.15, 0.2) is 18.2 Å². The number of anilines is 1. The van der Waals surface area contributed by atoms with Crippen LogP contribution in [0.25, 0.3) is 0 Å². The Labute approximate surface area is 112 Å². The molecule has 1 aromatic rings. The van der Waals surface area contributed by atoms with E-state index in [0.717, 1.165) is 18.7 Å². The van der Waals surface area contributed by atoms with E-state index in [-0.39, 0.29) is 17.0 Å². The standard InChI is InChI=1S/C14H18N2O3/c1-9-6-10(2)15(8-9)12-4-5-13(11(3)17)14(7-12)16(18)19/h4-5,7,9-10H,6,8H2,1-3H3. The Balaban J connectivity index is 2.41. The highest BCUT2D eigenvalue weighted by Crippen LogP contribution is 2.32. The van der Waals surface area contributed by atoms with Gasteiger partial charge < -0.3 is 4.90 Å². The Morgan fingerprint density at radius 2 is 2.11 bits per heavy atom. The summed E-state index contributed by atoms with van der Waals surface area (Å²) in [6.07, 6.45) is 1.09. The van der Waals surface area contributed by atoms with Crippen LogP contribution in [0, 0.1) is 16.0 Å². The summed E-state index contributed by atoms with van der Waals surface area (Å²) in [5.74, 6) is 0.308. The van der Waals surface area contributed by atoms with Crippen LogP contribution >= 0.6 is 0 Å². The summed E-state index contributed by atoms with van der Waals surface area (Å²) >= 11 is 0. The van der Waals surface area contributed by atoms with Crippen molar-refractivity contribution in [2.75, 3.05) is 11.4 Å². The van der Waals surface area contributed by atoms with Crippen molar-refractivity contribution in [1.82, 2.24) is 0 Å². The van der Waals surface area contributed by atoms with Gasteiger partial charge in [0.05, 0.1) is 10.5 Å². The molecule has 2 rings (SSSR count). The van der Waals surface area contributed by atoms with Gasteiger partial charge in [-0.3, -0.25) is 14.9 Å². The second kappa shape index (κ2) is 4.99. The van der Waals surface area contributed by atoms with Crippen molar-refractivity contribution < 1.29 is 9.72 Å². The summed E-state index contributed by atoms with van der Waals surface area (Å²) in [7, 11) is 0. The van der Waals surface area contributed by atoms with Gasteiger partial charge in [0.2, 0.25) is 0 Å². The number of nitro groups is 1. The lowest BCUT2D eigenvalue weighted by molar-refractivity contribution is -0.385. The molecule has 1 aromatic carbocycles. The Bertz CT molecular complexity index is 527. The van der Waals surface area contributed by atoms with Gasteiger partial charge in [0.15, 0.2) is 5.78 Å². The highest BCUT2D eigenvalue weighted by Gasteiger charge is 2.28. The Morgan fingerprint density at radius 1 is 1.42 bits per heavy atom. The molecule has 0 N–H and O–H groups in total. The van der Waals surface area contributed by atoms with E-state index in [0.29, 0.717) is 12.0 Å². The van der Waals surface area contributed by atoms with Gasteiger partial charge in [0, 0.05) is 24.3 Å². The number of ketones is 1. The number of rotatable bonds is 3. The number of hydrogen-bond donors (Lipinski definition) is 0. The van der Waals surface area contributed by atoms with Crippen LogP contribution in [0.5, 0.6) is 0 Å². The maximum Gasteiger partial charge on any atom is 0.282 e. The molecule has 5 nitrogen and oxygen atoms in total. The number of nitrogens with zero attached hydrogens (tertiary/aromatic N) is 2. The summed E-state index contributed by atoms with van der Waals surface area (Å²) in [6.45, 7) is 6.55. The van der Waals surface area contributed by atoms with E-state index in [1.54, 1.807) is 12.1 Å². The average molecular weight is 262 g/mol. The summed E-state index contributed by atoms with van der Waals surface area (Å²) in [6, 6.07) is 5.26. The molecule has 102 valence electrons. The van der Waals surface area contributed by atoms with Crippen LogP contribution in [0.3, 0.4) is 0 Å². The van der Waals surface area contributed by atoms with Crippen LogP contribution in [0.1, 0.15) is 37.6 Å². The molecule has 2 atom stereocenters. The maximum atomic E-state index is 11.4. The predicted molar refractivity (Wildman–Crippen MR) is 73.7 cm³/mol. The number of carbonyl (C=O) groups excluding carboxylic acids is 1. The van der Waals surface area contributed by atoms with Crippen molar-refractivity contribution >= 4 is 17.2 Å². The highest BCUT2D eigenvalue weighted by molar-refractivity contribution is 5.98. The number of nitro benzene ring substituents is 1. The zero-order valence-corrected chi connectivity index (χ0v) is 11.4. The number of Topliss-reactive ketones (excluding diaryl/α,β-unsaturated/α-hetero) is 1. The molecular formula is C14H18N2O3. The third-order valence-corrected chi connectivity index (χ3v) is 3.67. The molecular weight excluding hydrogens is 244 g/mol. The van der Waals surface area contributed by atoms with Crippen LogP contribution in [-0.4, -0.2) is 23.3 Å². The topological polar surface area (TPSA) is 63.5 Å². The monoisotopic (exact) mass is 262 g/mol. The molecule has 0 bridgehead atoms. The molecule has 0 amide bonds. The van der Waals surface area contributed by atoms with Crippen molar-refractivity contribution in [3.8, 4) is 0 Å². The predicted octanol–water partition coefficient (Wildman–Crippen LogP) is 3.03. The van der Waals surface area contributed by atoms with Crippen LogP contribution < -0.4 is 4.90 Å². The van der Waals surface area contributed by atoms with E-state index in [4.69, 9.17) is 0 Å². The second-order valence-corrected chi connectivity index (χ2v) is 5.36. The fourth-order valence-corrected chi connectivity index (χ4v) is 2.81. The van der Waals surface area contributed by atoms with E-state index >= 15 is 0 Å². The molecule has 1 aliphatic heterocycles. The first-order valence-corrected chi connectivity index (χ1v) is 6.46. The maximum absolute atomic E-state index is 11.4. The minimum atomic E-state index is -0.482. The summed E-state index contributed by atoms with van der Waals surface area (Å²) in [5, 5.41) is 11.1. The molecule has 19 heavy (non-hydrogen) atoms. The number of carbonyl (C=O) groups is 1. The zero-order valence-electron chi connectivity index (χ0n) is 11.4. The fraction of sp³-hybridized carbons (Fsp3) is 0.500. The van der Waals surface area contributed by atoms with Crippen molar-refractivity contribution in [3.05, 3.63) is 33.9 Å². The molecule has 0 saturated carbocycles. The third kappa shape index (κ3) is 2.59. The van der Waals surface area contributed by atoms with Gasteiger partial charge in [0.1, 0.15) is 0 Å². The fourth-order valence-electron chi connectivity index (χ4n) is 2.81. The van der Waals surface area contributed by atoms with Crippen LogP contribution in [-0.2, 0) is 0 Å². The minimum absolute atomic E-state index is 0.100. The highest BCUT2D eigenvalue weighted by atomic mass is 16.6. The van der Waals surface area contributed by atoms with Crippen molar-refractivity contribution in [3.63, 3.8) is 0 Å². The lowest BCUT2D eigenvalue weighted by atomic mass is 10.1. The average Bonchev–Trinajstić information content (AvgIpc) is 2.67. The van der Waals surface area contributed by atoms with Gasteiger partial charge in [0.25, 0.3) is 5.69 Å². The molecule has 5 heteroatoms. The smallest absolute Gasteiger partial charge is 0.282 e. The third-order valence-electron chi connectivity index (χ3n) is 3.67. The first-order valence-electron chi connectivity index (χ1n) is 6.46. The Morgan fingerprint density at radius 3 is 2.58 bits per heavy atom. The molecule has 0 aliphatic carbocycles. The van der Waals surface area contributed by atoms with E-state index in [1.165, 1.54) is 13.0 Å². The zero-order chi connectivity index (χ0) is 14.2. The van der Waals surface area contributed by atoms with E-state index in [1.807, 2.05) is 0 Å². The van der Waals surface area contributed by atoms with Crippen molar-refractivity contribution in [2.45, 2.75) is 33.2 Å².